The second kappa shape index (κ2) is 8.66. The second-order valence-corrected chi connectivity index (χ2v) is 7.04. The molecule has 3 nitrogen and oxygen atoms in total. The van der Waals surface area contributed by atoms with Gasteiger partial charge < -0.3 is 5.32 Å². The van der Waals surface area contributed by atoms with E-state index < -0.39 is 0 Å². The summed E-state index contributed by atoms with van der Waals surface area (Å²) in [5, 5.41) is 7.21. The standard InChI is InChI=1S/C19H18N2OS2/c22-19(21-11-8-16-5-3-4-10-20-16)17-6-1-2-7-18(17)24-14-15-9-12-23-13-15/h1-7,9-10,12-13H,8,11,14H2,(H,21,22). The Bertz CT molecular complexity index is 773. The number of nitrogens with one attached hydrogen (secondary N) is 1. The van der Waals surface area contributed by atoms with E-state index in [4.69, 9.17) is 0 Å². The van der Waals surface area contributed by atoms with E-state index in [0.717, 1.165) is 28.3 Å². The largest absolute Gasteiger partial charge is 0.352 e. The number of carbonyl (C=O) groups is 1. The van der Waals surface area contributed by atoms with Gasteiger partial charge >= 0.3 is 0 Å². The van der Waals surface area contributed by atoms with Crippen LogP contribution in [0.2, 0.25) is 0 Å². The maximum atomic E-state index is 12.5. The Morgan fingerprint density at radius 2 is 2.00 bits per heavy atom. The molecule has 0 radical (unpaired) electrons. The van der Waals surface area contributed by atoms with Gasteiger partial charge in [0.05, 0.1) is 5.56 Å². The van der Waals surface area contributed by atoms with Crippen LogP contribution in [0.4, 0.5) is 0 Å². The molecule has 0 spiro atoms. The van der Waals surface area contributed by atoms with Crippen molar-refractivity contribution in [1.29, 1.82) is 0 Å². The highest BCUT2D eigenvalue weighted by Crippen LogP contribution is 2.27. The Labute approximate surface area is 150 Å². The SMILES string of the molecule is O=C(NCCc1ccccn1)c1ccccc1SCc1ccsc1. The minimum absolute atomic E-state index is 0.0284. The van der Waals surface area contributed by atoms with Crippen molar-refractivity contribution in [2.75, 3.05) is 6.54 Å². The first-order valence-electron chi connectivity index (χ1n) is 7.74. The minimum atomic E-state index is -0.0284. The van der Waals surface area contributed by atoms with Crippen LogP contribution in [0, 0.1) is 0 Å². The van der Waals surface area contributed by atoms with Crippen LogP contribution in [0.5, 0.6) is 0 Å². The summed E-state index contributed by atoms with van der Waals surface area (Å²) in [6.45, 7) is 0.583. The van der Waals surface area contributed by atoms with Crippen molar-refractivity contribution < 1.29 is 4.79 Å². The van der Waals surface area contributed by atoms with Crippen LogP contribution >= 0.6 is 23.1 Å². The summed E-state index contributed by atoms with van der Waals surface area (Å²) >= 11 is 3.39. The van der Waals surface area contributed by atoms with Crippen LogP contribution in [0.25, 0.3) is 0 Å². The normalized spacial score (nSPS) is 10.5. The molecule has 24 heavy (non-hydrogen) atoms. The van der Waals surface area contributed by atoms with Gasteiger partial charge in [-0.3, -0.25) is 9.78 Å². The third-order valence-electron chi connectivity index (χ3n) is 3.50. The van der Waals surface area contributed by atoms with Gasteiger partial charge in [-0.1, -0.05) is 18.2 Å². The molecule has 122 valence electrons. The molecule has 1 N–H and O–H groups in total. The van der Waals surface area contributed by atoms with E-state index in [0.29, 0.717) is 6.54 Å². The summed E-state index contributed by atoms with van der Waals surface area (Å²) in [7, 11) is 0. The predicted molar refractivity (Wildman–Crippen MR) is 101 cm³/mol. The van der Waals surface area contributed by atoms with E-state index in [1.54, 1.807) is 29.3 Å². The van der Waals surface area contributed by atoms with Gasteiger partial charge in [0.25, 0.3) is 5.91 Å². The molecule has 0 aliphatic carbocycles. The number of amides is 1. The number of carbonyl (C=O) groups excluding carboxylic acids is 1. The third kappa shape index (κ3) is 4.69. The molecule has 0 aliphatic rings. The van der Waals surface area contributed by atoms with E-state index in [1.807, 2.05) is 42.5 Å². The van der Waals surface area contributed by atoms with Gasteiger partial charge in [-0.15, -0.1) is 11.8 Å². The lowest BCUT2D eigenvalue weighted by atomic mass is 10.2. The predicted octanol–water partition coefficient (Wildman–Crippen LogP) is 4.41. The second-order valence-electron chi connectivity index (χ2n) is 5.24. The van der Waals surface area contributed by atoms with Gasteiger partial charge in [0.1, 0.15) is 0 Å². The summed E-state index contributed by atoms with van der Waals surface area (Å²) < 4.78 is 0. The fourth-order valence-electron chi connectivity index (χ4n) is 2.26. The number of thioether (sulfide) groups is 1. The molecular weight excluding hydrogens is 336 g/mol. The molecule has 1 aromatic carbocycles. The highest BCUT2D eigenvalue weighted by Gasteiger charge is 2.11. The smallest absolute Gasteiger partial charge is 0.252 e. The lowest BCUT2D eigenvalue weighted by Crippen LogP contribution is -2.26. The topological polar surface area (TPSA) is 42.0 Å². The molecule has 0 unspecified atom stereocenters. The Kier molecular flexibility index (Phi) is 6.04. The van der Waals surface area contributed by atoms with Crippen LogP contribution in [0.1, 0.15) is 21.6 Å². The van der Waals surface area contributed by atoms with Crippen molar-refractivity contribution in [1.82, 2.24) is 10.3 Å². The number of hydrogen-bond acceptors (Lipinski definition) is 4. The summed E-state index contributed by atoms with van der Waals surface area (Å²) in [4.78, 5) is 17.8. The molecule has 2 heterocycles. The van der Waals surface area contributed by atoms with E-state index in [9.17, 15) is 4.79 Å². The zero-order chi connectivity index (χ0) is 16.6. The van der Waals surface area contributed by atoms with Crippen LogP contribution < -0.4 is 5.32 Å². The highest BCUT2D eigenvalue weighted by molar-refractivity contribution is 7.98. The number of hydrogen-bond donors (Lipinski definition) is 1. The molecule has 3 aromatic rings. The van der Waals surface area contributed by atoms with Crippen LogP contribution in [-0.4, -0.2) is 17.4 Å². The van der Waals surface area contributed by atoms with Gasteiger partial charge in [0.15, 0.2) is 0 Å². The monoisotopic (exact) mass is 354 g/mol. The summed E-state index contributed by atoms with van der Waals surface area (Å²) in [5.41, 5.74) is 3.01. The fourth-order valence-corrected chi connectivity index (χ4v) is 4.03. The molecule has 3 rings (SSSR count). The Hall–Kier alpha value is -2.11. The number of aromatic nitrogens is 1. The first-order chi connectivity index (χ1) is 11.8. The van der Waals surface area contributed by atoms with Crippen LogP contribution in [-0.2, 0) is 12.2 Å². The molecule has 1 amide bonds. The Morgan fingerprint density at radius 1 is 1.12 bits per heavy atom. The van der Waals surface area contributed by atoms with Gasteiger partial charge in [-0.25, -0.2) is 0 Å². The lowest BCUT2D eigenvalue weighted by Gasteiger charge is -2.09. The van der Waals surface area contributed by atoms with Crippen molar-refractivity contribution in [3.8, 4) is 0 Å². The maximum Gasteiger partial charge on any atom is 0.252 e. The molecular formula is C19H18N2OS2. The molecule has 0 atom stereocenters. The quantitative estimate of drug-likeness (QED) is 0.639. The van der Waals surface area contributed by atoms with E-state index in [-0.39, 0.29) is 5.91 Å². The average molecular weight is 355 g/mol. The van der Waals surface area contributed by atoms with E-state index in [2.05, 4.69) is 27.1 Å². The Balaban J connectivity index is 1.57. The minimum Gasteiger partial charge on any atom is -0.352 e. The fraction of sp³-hybridized carbons (Fsp3) is 0.158. The van der Waals surface area contributed by atoms with Crippen molar-refractivity contribution in [2.24, 2.45) is 0 Å². The molecule has 0 saturated heterocycles. The lowest BCUT2D eigenvalue weighted by molar-refractivity contribution is 0.0951. The molecule has 0 fully saturated rings. The molecule has 2 aromatic heterocycles. The summed E-state index contributed by atoms with van der Waals surface area (Å²) in [6.07, 6.45) is 2.50. The van der Waals surface area contributed by atoms with Crippen molar-refractivity contribution >= 4 is 29.0 Å². The zero-order valence-corrected chi connectivity index (χ0v) is 14.8. The van der Waals surface area contributed by atoms with E-state index in [1.165, 1.54) is 5.56 Å². The van der Waals surface area contributed by atoms with Crippen molar-refractivity contribution in [2.45, 2.75) is 17.1 Å². The van der Waals surface area contributed by atoms with Gasteiger partial charge in [0, 0.05) is 35.5 Å². The molecule has 0 bridgehead atoms. The molecule has 5 heteroatoms. The highest BCUT2D eigenvalue weighted by atomic mass is 32.2. The molecule has 0 aliphatic heterocycles. The number of pyridine rings is 1. The molecule has 0 saturated carbocycles. The van der Waals surface area contributed by atoms with Crippen LogP contribution in [0.3, 0.4) is 0 Å². The summed E-state index contributed by atoms with van der Waals surface area (Å²) in [6, 6.07) is 15.7. The third-order valence-corrected chi connectivity index (χ3v) is 5.38. The first kappa shape index (κ1) is 16.7. The first-order valence-corrected chi connectivity index (χ1v) is 9.67. The van der Waals surface area contributed by atoms with Gasteiger partial charge in [0.2, 0.25) is 0 Å². The maximum absolute atomic E-state index is 12.5. The van der Waals surface area contributed by atoms with Gasteiger partial charge in [-0.2, -0.15) is 11.3 Å². The van der Waals surface area contributed by atoms with E-state index >= 15 is 0 Å². The Morgan fingerprint density at radius 3 is 2.79 bits per heavy atom. The number of thiophene rings is 1. The average Bonchev–Trinajstić information content (AvgIpc) is 3.14. The summed E-state index contributed by atoms with van der Waals surface area (Å²) in [5.74, 6) is 0.848. The van der Waals surface area contributed by atoms with Crippen molar-refractivity contribution in [3.05, 3.63) is 82.3 Å². The number of rotatable bonds is 7. The van der Waals surface area contributed by atoms with Gasteiger partial charge in [-0.05, 0) is 46.7 Å². The van der Waals surface area contributed by atoms with Crippen molar-refractivity contribution in [3.63, 3.8) is 0 Å². The zero-order valence-electron chi connectivity index (χ0n) is 13.1. The van der Waals surface area contributed by atoms with Crippen LogP contribution in [0.15, 0.2) is 70.4 Å². The number of benzene rings is 1. The number of nitrogens with zero attached hydrogens (tertiary/aromatic N) is 1.